The van der Waals surface area contributed by atoms with Crippen LogP contribution < -0.4 is 52.8 Å². The van der Waals surface area contributed by atoms with E-state index >= 15 is 0 Å². The molecule has 123 heavy (non-hydrogen) atoms. The lowest BCUT2D eigenvalue weighted by molar-refractivity contribution is -0.653. The molecule has 0 radical (unpaired) electrons. The first-order valence-electron chi connectivity index (χ1n) is 45.3. The summed E-state index contributed by atoms with van der Waals surface area (Å²) in [4.78, 5) is 24.1. The van der Waals surface area contributed by atoms with E-state index in [1.807, 2.05) is 38.5 Å². The van der Waals surface area contributed by atoms with Crippen LogP contribution in [0.4, 0.5) is 5.69 Å². The number of hydrogen-bond acceptors (Lipinski definition) is 11. The number of benzene rings is 9. The molecule has 11 aromatic rings. The second-order valence-corrected chi connectivity index (χ2v) is 35.0. The van der Waals surface area contributed by atoms with Crippen molar-refractivity contribution in [3.8, 4) is 22.5 Å². The van der Waals surface area contributed by atoms with Crippen molar-refractivity contribution in [2.24, 2.45) is 14.1 Å². The summed E-state index contributed by atoms with van der Waals surface area (Å²) in [5.74, 6) is 1.70. The fraction of sp³-hybridized carbons (Fsp3) is 0.262. The third-order valence-electron chi connectivity index (χ3n) is 25.6. The van der Waals surface area contributed by atoms with Crippen LogP contribution in [-0.4, -0.2) is 160 Å². The maximum absolute atomic E-state index is 7.61. The zero-order valence-corrected chi connectivity index (χ0v) is 75.4. The molecule has 0 bridgehead atoms. The van der Waals surface area contributed by atoms with E-state index in [1.165, 1.54) is 122 Å². The first-order chi connectivity index (χ1) is 60.6. The van der Waals surface area contributed by atoms with Crippen molar-refractivity contribution < 1.29 is 13.2 Å². The van der Waals surface area contributed by atoms with E-state index in [1.54, 1.807) is 6.20 Å². The van der Waals surface area contributed by atoms with Crippen molar-refractivity contribution >= 4 is 109 Å². The van der Waals surface area contributed by atoms with E-state index in [2.05, 4.69) is 490 Å². The lowest BCUT2D eigenvalue weighted by atomic mass is 9.51. The Morgan fingerprint density at radius 1 is 0.317 bits per heavy atom. The summed E-state index contributed by atoms with van der Waals surface area (Å²) < 4.78 is 32.3. The maximum atomic E-state index is 7.61. The van der Waals surface area contributed by atoms with E-state index in [0.717, 1.165) is 0 Å². The van der Waals surface area contributed by atoms with Crippen molar-refractivity contribution in [2.45, 2.75) is 118 Å². The number of rotatable bonds is 13. The van der Waals surface area contributed by atoms with Gasteiger partial charge in [-0.05, 0) is 232 Å². The average Bonchev–Trinajstić information content (AvgIpc) is 1.52. The van der Waals surface area contributed by atoms with Crippen LogP contribution in [0.25, 0.3) is 52.9 Å². The van der Waals surface area contributed by atoms with Gasteiger partial charge < -0.3 is 53.2 Å². The molecule has 0 aliphatic carbocycles. The molecule has 2 aromatic heterocycles. The Kier molecular flexibility index (Phi) is 24.5. The van der Waals surface area contributed by atoms with Gasteiger partial charge >= 0.3 is 34.6 Å². The predicted octanol–water partition coefficient (Wildman–Crippen LogP) is 14.5. The molecule has 0 saturated carbocycles. The van der Waals surface area contributed by atoms with Crippen molar-refractivity contribution in [2.75, 3.05) is 54.2 Å². The fourth-order valence-corrected chi connectivity index (χ4v) is 18.7. The van der Waals surface area contributed by atoms with E-state index in [4.69, 9.17) is 4.11 Å². The standard InChI is InChI=1S/C31H35BN3.C25H31BN3.C19H20BN3.2C14H18BN3/c1-22(2)27-20-26(24-12-8-7-9-13-24)21-28(23(3)4)30(27)35-19-18-33(5)31(35)32-29-15-11-10-14-25(29)16-17-34(32)6;1-18(2)21-11-9-12-22(19(3)4)24(21)29-17-16-27(5)25(29)26-23-13-8-7-10-20(23)14-15-28(26)6;1-16-22(18-9-4-3-5-10-18)14-15-23(16)20-19-11-7-6-8-17(19)12-13-21(20)2;2*1-12-16(2)10-11-18(12)15-14-7-5-4-6-13(14)8-9-17(15)3/h7-23H,1-6H3;7-19H,1-6H3;3-16H,1-2H3;2*4-12H,1-3H3/q2*+1;;;/t;;16-;2*12-/m..000/s1/i;;;2D3;. The van der Waals surface area contributed by atoms with Crippen LogP contribution in [0.15, 0.2) is 305 Å². The number of fused-ring (bicyclic) bond motifs is 5. The van der Waals surface area contributed by atoms with Gasteiger partial charge in [0.1, 0.15) is 36.2 Å². The predicted molar refractivity (Wildman–Crippen MR) is 524 cm³/mol. The molecule has 20 heteroatoms. The SMILES string of the molecule is CC(C)c1cc(-c2ccccc2)cc(C(C)C)c1-n1cc[n+](C)c1B1c2ccccc2C=CN1C.CC(C)c1cccc(C(C)C)c1-n1cc[n+](C)c1B1c2ccccc2C=CN1C.C[C@@H]1N(B2c3ccccc3C=CN2C)C=CN1c1ccccc1.C[C@H]1N(C)C=CN1B1c2ccccc2C=CN1C.[2H]C([2H])([2H])N1C=CN(B2c3ccccc3C=CN2C)[C@H]1C. The number of nitrogens with zero attached hydrogens (tertiary/aromatic N) is 15. The summed E-state index contributed by atoms with van der Waals surface area (Å²) in [6.45, 7) is 23.5. The summed E-state index contributed by atoms with van der Waals surface area (Å²) in [6, 6.07) is 75.9. The quantitative estimate of drug-likeness (QED) is 0.0820. The molecular formula is C103H122B5N15+2. The summed E-state index contributed by atoms with van der Waals surface area (Å²) in [5.41, 5.74) is 27.5. The van der Waals surface area contributed by atoms with Crippen molar-refractivity contribution in [1.29, 1.82) is 0 Å². The highest BCUT2D eigenvalue weighted by Gasteiger charge is 2.45. The average molecular weight is 1630 g/mol. The summed E-state index contributed by atoms with van der Waals surface area (Å²) in [7, 11) is 17.1. The van der Waals surface area contributed by atoms with Gasteiger partial charge in [-0.25, -0.2) is 18.3 Å². The Bertz CT molecular complexity index is 5880. The topological polar surface area (TPSA) is 53.3 Å². The van der Waals surface area contributed by atoms with Crippen LogP contribution in [0.2, 0.25) is 0 Å². The van der Waals surface area contributed by atoms with E-state index in [-0.39, 0.29) is 47.0 Å². The number of anilines is 1. The molecule has 3 atom stereocenters. The molecule has 19 rings (SSSR count). The van der Waals surface area contributed by atoms with Gasteiger partial charge in [0.2, 0.25) is 11.4 Å². The smallest absolute Gasteiger partial charge is 0.409 e. The van der Waals surface area contributed by atoms with Gasteiger partial charge in [0.15, 0.2) is 0 Å². The second-order valence-electron chi connectivity index (χ2n) is 35.0. The largest absolute Gasteiger partial charge is 0.428 e. The van der Waals surface area contributed by atoms with Crippen LogP contribution in [-0.2, 0) is 14.1 Å². The molecule has 0 unspecified atom stereocenters. The summed E-state index contributed by atoms with van der Waals surface area (Å²) >= 11 is 0. The Morgan fingerprint density at radius 3 is 1.02 bits per heavy atom. The molecule has 9 aromatic carbocycles. The number of aryl methyl sites for hydroxylation is 2. The molecule has 0 saturated heterocycles. The molecule has 622 valence electrons. The van der Waals surface area contributed by atoms with Gasteiger partial charge in [0.05, 0.1) is 32.6 Å². The van der Waals surface area contributed by atoms with Crippen molar-refractivity contribution in [3.63, 3.8) is 0 Å². The van der Waals surface area contributed by atoms with Crippen molar-refractivity contribution in [3.05, 3.63) is 355 Å². The molecule has 8 aliphatic heterocycles. The van der Waals surface area contributed by atoms with Gasteiger partial charge in [0.25, 0.3) is 0 Å². The summed E-state index contributed by atoms with van der Waals surface area (Å²) in [6.07, 6.45) is 43.2. The number of hydrogen-bond donors (Lipinski definition) is 0. The van der Waals surface area contributed by atoms with Gasteiger partial charge in [-0.15, -0.1) is 0 Å². The molecule has 0 N–H and O–H groups in total. The Hall–Kier alpha value is -12.6. The monoisotopic (exact) mass is 1630 g/mol. The minimum absolute atomic E-state index is 0.00444. The molecule has 0 amide bonds. The summed E-state index contributed by atoms with van der Waals surface area (Å²) in [5, 5.41) is 0. The van der Waals surface area contributed by atoms with Gasteiger partial charge in [0, 0.05) is 83.3 Å². The number of aromatic nitrogens is 4. The third kappa shape index (κ3) is 17.3. The highest BCUT2D eigenvalue weighted by atomic mass is 15.4. The zero-order chi connectivity index (χ0) is 89.1. The fourth-order valence-electron chi connectivity index (χ4n) is 18.7. The molecule has 10 heterocycles. The van der Waals surface area contributed by atoms with E-state index < -0.39 is 6.98 Å². The first-order valence-corrected chi connectivity index (χ1v) is 43.8. The molecule has 0 spiro atoms. The lowest BCUT2D eigenvalue weighted by Crippen LogP contribution is -2.66. The molecule has 8 aliphatic rings. The zero-order valence-electron chi connectivity index (χ0n) is 78.4. The Balaban J connectivity index is 0.000000124. The Morgan fingerprint density at radius 2 is 0.642 bits per heavy atom. The van der Waals surface area contributed by atoms with Crippen LogP contribution in [0.3, 0.4) is 0 Å². The van der Waals surface area contributed by atoms with Crippen molar-refractivity contribution in [1.82, 2.24) is 57.4 Å². The molecular weight excluding hydrogens is 1500 g/mol. The maximum Gasteiger partial charge on any atom is 0.428 e. The van der Waals surface area contributed by atoms with Crippen LogP contribution in [0.5, 0.6) is 0 Å². The highest BCUT2D eigenvalue weighted by molar-refractivity contribution is 6.83. The van der Waals surface area contributed by atoms with Gasteiger partial charge in [-0.1, -0.05) is 243 Å². The van der Waals surface area contributed by atoms with Crippen LogP contribution >= 0.6 is 0 Å². The third-order valence-corrected chi connectivity index (χ3v) is 25.6. The lowest BCUT2D eigenvalue weighted by Gasteiger charge is -2.39. The Labute approximate surface area is 740 Å². The first kappa shape index (κ1) is 81.4. The second kappa shape index (κ2) is 37.0. The minimum Gasteiger partial charge on any atom is -0.409 e. The highest BCUT2D eigenvalue weighted by Crippen LogP contribution is 2.38. The van der Waals surface area contributed by atoms with Crippen LogP contribution in [0, 0.1) is 0 Å². The van der Waals surface area contributed by atoms with Gasteiger partial charge in [-0.2, -0.15) is 0 Å². The number of imidazole rings is 2. The van der Waals surface area contributed by atoms with Gasteiger partial charge in [-0.3, -0.25) is 0 Å². The molecule has 15 nitrogen and oxygen atoms in total. The van der Waals surface area contributed by atoms with Crippen LogP contribution in [0.1, 0.15) is 154 Å². The minimum atomic E-state index is -2.12. The molecule has 0 fully saturated rings. The van der Waals surface area contributed by atoms with E-state index in [0.29, 0.717) is 29.8 Å². The number of para-hydroxylation sites is 2. The van der Waals surface area contributed by atoms with E-state index in [9.17, 15) is 0 Å². The normalized spacial score (nSPS) is 17.4.